The summed E-state index contributed by atoms with van der Waals surface area (Å²) in [5.74, 6) is 0. The first-order valence-electron chi connectivity index (χ1n) is 4.21. The van der Waals surface area contributed by atoms with Gasteiger partial charge in [-0.15, -0.1) is 0 Å². The molecular weight excluding hydrogens is 150 g/mol. The maximum absolute atomic E-state index is 4.10. The molecule has 64 valence electrons. The van der Waals surface area contributed by atoms with Gasteiger partial charge >= 0.3 is 0 Å². The van der Waals surface area contributed by atoms with E-state index in [2.05, 4.69) is 28.3 Å². The van der Waals surface area contributed by atoms with E-state index in [1.54, 1.807) is 6.20 Å². The topological polar surface area (TPSA) is 28.2 Å². The highest BCUT2D eigenvalue weighted by Crippen LogP contribution is 2.17. The van der Waals surface area contributed by atoms with Crippen molar-refractivity contribution < 1.29 is 0 Å². The second-order valence-electron chi connectivity index (χ2n) is 3.12. The van der Waals surface area contributed by atoms with Crippen LogP contribution < -0.4 is 5.32 Å². The van der Waals surface area contributed by atoms with E-state index in [-0.39, 0.29) is 0 Å². The maximum atomic E-state index is 4.10. The third-order valence-corrected chi connectivity index (χ3v) is 2.24. The molecule has 1 fully saturated rings. The third kappa shape index (κ3) is 1.33. The Labute approximate surface area is 72.4 Å². The van der Waals surface area contributed by atoms with Gasteiger partial charge in [0.15, 0.2) is 0 Å². The summed E-state index contributed by atoms with van der Waals surface area (Å²) in [7, 11) is 2.12. The molecule has 2 heterocycles. The Hall–Kier alpha value is -0.930. The molecule has 3 heteroatoms. The summed E-state index contributed by atoms with van der Waals surface area (Å²) < 4.78 is 0. The summed E-state index contributed by atoms with van der Waals surface area (Å²) in [5, 5.41) is 3.41. The third-order valence-electron chi connectivity index (χ3n) is 2.24. The summed E-state index contributed by atoms with van der Waals surface area (Å²) in [4.78, 5) is 6.39. The average Bonchev–Trinajstić information content (AvgIpc) is 2.53. The molecule has 1 aliphatic heterocycles. The lowest BCUT2D eigenvalue weighted by molar-refractivity contribution is 0.300. The number of nitrogens with zero attached hydrogens (tertiary/aromatic N) is 2. The highest BCUT2D eigenvalue weighted by Gasteiger charge is 2.21. The maximum Gasteiger partial charge on any atom is 0.0874 e. The fourth-order valence-corrected chi connectivity index (χ4v) is 1.57. The van der Waals surface area contributed by atoms with E-state index >= 15 is 0 Å². The molecule has 0 amide bonds. The number of rotatable bonds is 1. The van der Waals surface area contributed by atoms with Crippen LogP contribution in [0.3, 0.4) is 0 Å². The SMILES string of the molecule is CN1CCNC1c1cccnc1. The lowest BCUT2D eigenvalue weighted by Gasteiger charge is -2.18. The molecule has 12 heavy (non-hydrogen) atoms. The van der Waals surface area contributed by atoms with Crippen LogP contribution >= 0.6 is 0 Å². The predicted octanol–water partition coefficient (Wildman–Crippen LogP) is 0.615. The van der Waals surface area contributed by atoms with Crippen molar-refractivity contribution in [2.45, 2.75) is 6.17 Å². The van der Waals surface area contributed by atoms with Crippen LogP contribution in [0.25, 0.3) is 0 Å². The van der Waals surface area contributed by atoms with Crippen LogP contribution in [0.15, 0.2) is 24.5 Å². The molecule has 1 aromatic heterocycles. The van der Waals surface area contributed by atoms with Crippen molar-refractivity contribution in [3.05, 3.63) is 30.1 Å². The molecule has 1 aromatic rings. The summed E-state index contributed by atoms with van der Waals surface area (Å²) >= 11 is 0. The lowest BCUT2D eigenvalue weighted by atomic mass is 10.2. The highest BCUT2D eigenvalue weighted by atomic mass is 15.3. The zero-order valence-corrected chi connectivity index (χ0v) is 7.20. The summed E-state index contributed by atoms with van der Waals surface area (Å²) in [6.45, 7) is 2.18. The molecule has 1 saturated heterocycles. The predicted molar refractivity (Wildman–Crippen MR) is 47.6 cm³/mol. The van der Waals surface area contributed by atoms with Crippen molar-refractivity contribution >= 4 is 0 Å². The van der Waals surface area contributed by atoms with Crippen molar-refractivity contribution in [3.8, 4) is 0 Å². The minimum Gasteiger partial charge on any atom is -0.297 e. The smallest absolute Gasteiger partial charge is 0.0874 e. The molecule has 1 aliphatic rings. The molecule has 1 unspecified atom stereocenters. The van der Waals surface area contributed by atoms with E-state index in [1.807, 2.05) is 12.3 Å². The standard InChI is InChI=1S/C9H13N3/c1-12-6-5-11-9(12)8-3-2-4-10-7-8/h2-4,7,9,11H,5-6H2,1H3. The van der Waals surface area contributed by atoms with Crippen molar-refractivity contribution in [2.24, 2.45) is 0 Å². The molecule has 0 spiro atoms. The minimum absolute atomic E-state index is 0.360. The lowest BCUT2D eigenvalue weighted by Crippen LogP contribution is -2.23. The van der Waals surface area contributed by atoms with Crippen molar-refractivity contribution in [3.63, 3.8) is 0 Å². The zero-order chi connectivity index (χ0) is 8.39. The van der Waals surface area contributed by atoms with Crippen LogP contribution in [0.1, 0.15) is 11.7 Å². The highest BCUT2D eigenvalue weighted by molar-refractivity contribution is 5.14. The molecule has 2 rings (SSSR count). The van der Waals surface area contributed by atoms with Gasteiger partial charge in [0.05, 0.1) is 6.17 Å². The Balaban J connectivity index is 2.19. The van der Waals surface area contributed by atoms with E-state index in [1.165, 1.54) is 5.56 Å². The Morgan fingerprint density at radius 1 is 1.67 bits per heavy atom. The number of hydrogen-bond acceptors (Lipinski definition) is 3. The first-order chi connectivity index (χ1) is 5.88. The van der Waals surface area contributed by atoms with Crippen LogP contribution in [-0.4, -0.2) is 30.0 Å². The number of pyridine rings is 1. The molecule has 0 bridgehead atoms. The van der Waals surface area contributed by atoms with E-state index in [4.69, 9.17) is 0 Å². The Morgan fingerprint density at radius 3 is 3.17 bits per heavy atom. The van der Waals surface area contributed by atoms with Crippen LogP contribution in [0, 0.1) is 0 Å². The fraction of sp³-hybridized carbons (Fsp3) is 0.444. The first-order valence-corrected chi connectivity index (χ1v) is 4.21. The number of nitrogens with one attached hydrogen (secondary N) is 1. The molecule has 3 nitrogen and oxygen atoms in total. The van der Waals surface area contributed by atoms with Crippen LogP contribution in [0.2, 0.25) is 0 Å². The molecule has 0 saturated carbocycles. The molecule has 0 radical (unpaired) electrons. The van der Waals surface area contributed by atoms with Gasteiger partial charge in [-0.25, -0.2) is 0 Å². The normalized spacial score (nSPS) is 24.6. The monoisotopic (exact) mass is 163 g/mol. The van der Waals surface area contributed by atoms with Gasteiger partial charge in [0.1, 0.15) is 0 Å². The van der Waals surface area contributed by atoms with Crippen molar-refractivity contribution in [1.29, 1.82) is 0 Å². The number of aromatic nitrogens is 1. The van der Waals surface area contributed by atoms with Gasteiger partial charge < -0.3 is 0 Å². The summed E-state index contributed by atoms with van der Waals surface area (Å²) in [5.41, 5.74) is 1.25. The number of hydrogen-bond donors (Lipinski definition) is 1. The van der Waals surface area contributed by atoms with Gasteiger partial charge in [0.25, 0.3) is 0 Å². The van der Waals surface area contributed by atoms with E-state index in [0.29, 0.717) is 6.17 Å². The van der Waals surface area contributed by atoms with Gasteiger partial charge in [0, 0.05) is 31.0 Å². The first kappa shape index (κ1) is 7.71. The average molecular weight is 163 g/mol. The van der Waals surface area contributed by atoms with Crippen molar-refractivity contribution in [2.75, 3.05) is 20.1 Å². The van der Waals surface area contributed by atoms with Crippen LogP contribution in [-0.2, 0) is 0 Å². The van der Waals surface area contributed by atoms with Gasteiger partial charge in [-0.05, 0) is 13.1 Å². The minimum atomic E-state index is 0.360. The van der Waals surface area contributed by atoms with Gasteiger partial charge in [-0.1, -0.05) is 6.07 Å². The van der Waals surface area contributed by atoms with Crippen LogP contribution in [0.4, 0.5) is 0 Å². The Bertz CT molecular complexity index is 247. The molecule has 0 aliphatic carbocycles. The Kier molecular flexibility index (Phi) is 2.06. The van der Waals surface area contributed by atoms with E-state index in [0.717, 1.165) is 13.1 Å². The second-order valence-corrected chi connectivity index (χ2v) is 3.12. The molecule has 1 atom stereocenters. The summed E-state index contributed by atoms with van der Waals surface area (Å²) in [6, 6.07) is 4.08. The fourth-order valence-electron chi connectivity index (χ4n) is 1.57. The largest absolute Gasteiger partial charge is 0.297 e. The van der Waals surface area contributed by atoms with Gasteiger partial charge in [0.2, 0.25) is 0 Å². The van der Waals surface area contributed by atoms with E-state index in [9.17, 15) is 0 Å². The molecular formula is C9H13N3. The zero-order valence-electron chi connectivity index (χ0n) is 7.20. The molecule has 1 N–H and O–H groups in total. The molecule has 0 aromatic carbocycles. The second kappa shape index (κ2) is 3.21. The Morgan fingerprint density at radius 2 is 2.58 bits per heavy atom. The van der Waals surface area contributed by atoms with Crippen LogP contribution in [0.5, 0.6) is 0 Å². The summed E-state index contributed by atoms with van der Waals surface area (Å²) in [6.07, 6.45) is 4.08. The van der Waals surface area contributed by atoms with Gasteiger partial charge in [-0.2, -0.15) is 0 Å². The van der Waals surface area contributed by atoms with E-state index < -0.39 is 0 Å². The quantitative estimate of drug-likeness (QED) is 0.657. The van der Waals surface area contributed by atoms with Crippen molar-refractivity contribution in [1.82, 2.24) is 15.2 Å². The number of likely N-dealkylation sites (N-methyl/N-ethyl adjacent to an activating group) is 1. The van der Waals surface area contributed by atoms with Gasteiger partial charge in [-0.3, -0.25) is 15.2 Å².